The lowest BCUT2D eigenvalue weighted by Crippen LogP contribution is -2.20. The molecule has 0 aromatic carbocycles. The van der Waals surface area contributed by atoms with Gasteiger partial charge in [-0.3, -0.25) is 9.78 Å². The van der Waals surface area contributed by atoms with Crippen molar-refractivity contribution in [1.82, 2.24) is 19.6 Å². The Labute approximate surface area is 69.6 Å². The zero-order valence-electron chi connectivity index (χ0n) is 5.98. The van der Waals surface area contributed by atoms with E-state index in [-0.39, 0.29) is 22.4 Å². The highest BCUT2D eigenvalue weighted by atomic mass is 16.1. The van der Waals surface area contributed by atoms with E-state index in [0.717, 1.165) is 0 Å². The molecule has 0 aliphatic carbocycles. The van der Waals surface area contributed by atoms with Crippen LogP contribution in [0.25, 0.3) is 5.52 Å². The van der Waals surface area contributed by atoms with E-state index < -0.39 is 0 Å². The molecule has 0 bridgehead atoms. The molecule has 5 nitrogen and oxygen atoms in total. The molecule has 1 N–H and O–H groups in total. The summed E-state index contributed by atoms with van der Waals surface area (Å²) < 4.78 is 1.19. The van der Waals surface area contributed by atoms with Gasteiger partial charge in [0.15, 0.2) is 7.85 Å². The minimum Gasteiger partial charge on any atom is -0.310 e. The lowest BCUT2D eigenvalue weighted by atomic mass is 10.0. The fraction of sp³-hybridized carbons (Fsp3) is 0. The normalized spacial score (nSPS) is 10.7. The molecule has 0 fully saturated rings. The average Bonchev–Trinajstić information content (AvgIpc) is 2.29. The fourth-order valence-corrected chi connectivity index (χ4v) is 0.990. The van der Waals surface area contributed by atoms with Crippen molar-refractivity contribution >= 4 is 32.5 Å². The molecule has 7 heteroatoms. The van der Waals surface area contributed by atoms with Gasteiger partial charge in [-0.25, -0.2) is 4.52 Å². The van der Waals surface area contributed by atoms with Crippen LogP contribution in [-0.2, 0) is 0 Å². The maximum atomic E-state index is 11.1. The van der Waals surface area contributed by atoms with E-state index in [0.29, 0.717) is 0 Å². The van der Waals surface area contributed by atoms with Gasteiger partial charge in [-0.15, -0.1) is 0 Å². The summed E-state index contributed by atoms with van der Waals surface area (Å²) in [5.41, 5.74) is 0.0113. The van der Waals surface area contributed by atoms with Crippen LogP contribution in [0.4, 0.5) is 0 Å². The standard InChI is InChI=1S/C5H2B2N4O/c6-3-2-4(12)8-1-9-11(2)5(7)10-3/h1H,(H,8,9,12). The molecule has 0 aliphatic rings. The van der Waals surface area contributed by atoms with Crippen molar-refractivity contribution in [2.75, 3.05) is 0 Å². The van der Waals surface area contributed by atoms with Crippen LogP contribution < -0.4 is 16.9 Å². The Morgan fingerprint density at radius 3 is 2.92 bits per heavy atom. The summed E-state index contributed by atoms with van der Waals surface area (Å²) in [5.74, 6) is 0. The summed E-state index contributed by atoms with van der Waals surface area (Å²) in [7, 11) is 10.8. The van der Waals surface area contributed by atoms with Gasteiger partial charge >= 0.3 is 0 Å². The minimum atomic E-state index is -0.355. The lowest BCUT2D eigenvalue weighted by Gasteiger charge is -1.91. The van der Waals surface area contributed by atoms with Crippen molar-refractivity contribution in [2.24, 2.45) is 0 Å². The number of rotatable bonds is 0. The van der Waals surface area contributed by atoms with Gasteiger partial charge in [0.05, 0.1) is 5.72 Å². The molecule has 0 spiro atoms. The van der Waals surface area contributed by atoms with Gasteiger partial charge in [0.2, 0.25) is 0 Å². The topological polar surface area (TPSA) is 63.1 Å². The third-order valence-corrected chi connectivity index (χ3v) is 1.49. The molecule has 0 amide bonds. The van der Waals surface area contributed by atoms with Gasteiger partial charge in [0, 0.05) is 5.59 Å². The van der Waals surface area contributed by atoms with E-state index in [9.17, 15) is 4.79 Å². The van der Waals surface area contributed by atoms with Crippen molar-refractivity contribution < 1.29 is 0 Å². The van der Waals surface area contributed by atoms with Crippen molar-refractivity contribution in [3.63, 3.8) is 0 Å². The van der Waals surface area contributed by atoms with Crippen LogP contribution in [0.5, 0.6) is 0 Å². The first-order chi connectivity index (χ1) is 5.70. The second kappa shape index (κ2) is 2.23. The van der Waals surface area contributed by atoms with Gasteiger partial charge < -0.3 is 4.98 Å². The number of nitrogens with zero attached hydrogens (tertiary/aromatic N) is 3. The summed E-state index contributed by atoms with van der Waals surface area (Å²) >= 11 is 0. The molecular formula is C5H2B2N4O. The van der Waals surface area contributed by atoms with Gasteiger partial charge in [-0.1, -0.05) is 0 Å². The van der Waals surface area contributed by atoms with E-state index in [1.54, 1.807) is 0 Å². The highest BCUT2D eigenvalue weighted by Crippen LogP contribution is 1.81. The number of fused-ring (bicyclic) bond motifs is 1. The van der Waals surface area contributed by atoms with Crippen LogP contribution in [0.15, 0.2) is 11.1 Å². The number of imidazole rings is 1. The molecule has 2 aromatic heterocycles. The van der Waals surface area contributed by atoms with Crippen LogP contribution in [0.3, 0.4) is 0 Å². The Bertz CT molecular complexity index is 488. The Morgan fingerprint density at radius 1 is 1.50 bits per heavy atom. The van der Waals surface area contributed by atoms with E-state index in [1.807, 2.05) is 0 Å². The number of aromatic amines is 1. The Hall–Kier alpha value is -1.52. The first-order valence-corrected chi connectivity index (χ1v) is 3.17. The molecule has 0 saturated heterocycles. The predicted molar refractivity (Wildman–Crippen MR) is 44.4 cm³/mol. The summed E-state index contributed by atoms with van der Waals surface area (Å²) in [6.07, 6.45) is 1.23. The Balaban J connectivity index is 3.09. The van der Waals surface area contributed by atoms with Crippen LogP contribution in [-0.4, -0.2) is 35.3 Å². The van der Waals surface area contributed by atoms with Crippen LogP contribution in [0.1, 0.15) is 0 Å². The van der Waals surface area contributed by atoms with Crippen LogP contribution in [0, 0.1) is 0 Å². The Morgan fingerprint density at radius 2 is 2.25 bits per heavy atom. The third kappa shape index (κ3) is 0.792. The van der Waals surface area contributed by atoms with Gasteiger partial charge in [0.1, 0.15) is 19.7 Å². The molecule has 12 heavy (non-hydrogen) atoms. The van der Waals surface area contributed by atoms with E-state index in [4.69, 9.17) is 15.7 Å². The predicted octanol–water partition coefficient (Wildman–Crippen LogP) is -2.99. The first kappa shape index (κ1) is 7.15. The molecule has 0 aliphatic heterocycles. The van der Waals surface area contributed by atoms with Crippen molar-refractivity contribution in [1.29, 1.82) is 0 Å². The molecular weight excluding hydrogens is 154 g/mol. The number of H-pyrrole nitrogens is 1. The second-order valence-corrected chi connectivity index (χ2v) is 2.23. The molecule has 54 valence electrons. The number of aromatic nitrogens is 4. The van der Waals surface area contributed by atoms with Crippen molar-refractivity contribution in [2.45, 2.75) is 0 Å². The van der Waals surface area contributed by atoms with Crippen LogP contribution in [0.2, 0.25) is 0 Å². The molecule has 0 atom stereocenters. The van der Waals surface area contributed by atoms with E-state index in [2.05, 4.69) is 15.1 Å². The number of hydrogen-bond donors (Lipinski definition) is 1. The lowest BCUT2D eigenvalue weighted by molar-refractivity contribution is 0.904. The molecule has 0 unspecified atom stereocenters. The van der Waals surface area contributed by atoms with Crippen molar-refractivity contribution in [3.8, 4) is 0 Å². The van der Waals surface area contributed by atoms with Gasteiger partial charge in [-0.05, 0) is 0 Å². The first-order valence-electron chi connectivity index (χ1n) is 3.17. The molecule has 0 saturated carbocycles. The molecule has 2 rings (SSSR count). The number of nitrogens with one attached hydrogen (secondary N) is 1. The molecule has 4 radical (unpaired) electrons. The molecule has 2 heterocycles. The van der Waals surface area contributed by atoms with Crippen molar-refractivity contribution in [3.05, 3.63) is 16.7 Å². The zero-order valence-corrected chi connectivity index (χ0v) is 5.98. The fourth-order valence-electron chi connectivity index (χ4n) is 0.990. The summed E-state index contributed by atoms with van der Waals surface area (Å²) in [6.45, 7) is 0. The smallest absolute Gasteiger partial charge is 0.276 e. The minimum absolute atomic E-state index is 0.0850. The SMILES string of the molecule is [B]c1nc([B])n2nc[nH]c(=O)c12. The summed E-state index contributed by atoms with van der Waals surface area (Å²) in [4.78, 5) is 17.2. The zero-order chi connectivity index (χ0) is 8.72. The van der Waals surface area contributed by atoms with Gasteiger partial charge in [0.25, 0.3) is 5.56 Å². The van der Waals surface area contributed by atoms with E-state index in [1.165, 1.54) is 10.8 Å². The van der Waals surface area contributed by atoms with Gasteiger partial charge in [-0.2, -0.15) is 5.10 Å². The van der Waals surface area contributed by atoms with Crippen LogP contribution >= 0.6 is 0 Å². The summed E-state index contributed by atoms with van der Waals surface area (Å²) in [6, 6.07) is 0. The second-order valence-electron chi connectivity index (χ2n) is 2.23. The summed E-state index contributed by atoms with van der Waals surface area (Å²) in [5, 5.41) is 3.76. The monoisotopic (exact) mass is 156 g/mol. The largest absolute Gasteiger partial charge is 0.310 e. The number of hydrogen-bond acceptors (Lipinski definition) is 3. The average molecular weight is 156 g/mol. The maximum absolute atomic E-state index is 11.1. The highest BCUT2D eigenvalue weighted by Gasteiger charge is 2.06. The Kier molecular flexibility index (Phi) is 1.33. The molecule has 2 aromatic rings. The van der Waals surface area contributed by atoms with E-state index >= 15 is 0 Å². The highest BCUT2D eigenvalue weighted by molar-refractivity contribution is 6.38. The quantitative estimate of drug-likeness (QED) is 0.413. The maximum Gasteiger partial charge on any atom is 0.276 e. The third-order valence-electron chi connectivity index (χ3n) is 1.49.